The van der Waals surface area contributed by atoms with Gasteiger partial charge in [-0.2, -0.15) is 0 Å². The number of allylic oxidation sites excluding steroid dienone is 1. The number of halogens is 2. The summed E-state index contributed by atoms with van der Waals surface area (Å²) in [5.74, 6) is -2.91. The smallest absolute Gasteiger partial charge is 0.309 e. The molecule has 0 heterocycles. The number of ether oxygens (including phenoxy) is 1. The molecular formula is C10H14F2O2. The van der Waals surface area contributed by atoms with E-state index in [-0.39, 0.29) is 25.2 Å². The molecule has 0 atom stereocenters. The molecule has 0 fully saturated rings. The van der Waals surface area contributed by atoms with Crippen molar-refractivity contribution in [3.63, 3.8) is 0 Å². The summed E-state index contributed by atoms with van der Waals surface area (Å²) in [5, 5.41) is 0. The predicted octanol–water partition coefficient (Wildman–Crippen LogP) is 2.69. The maximum absolute atomic E-state index is 12.7. The maximum Gasteiger partial charge on any atom is 0.309 e. The van der Waals surface area contributed by atoms with Crippen molar-refractivity contribution in [3.8, 4) is 0 Å². The van der Waals surface area contributed by atoms with Gasteiger partial charge in [-0.25, -0.2) is 8.78 Å². The van der Waals surface area contributed by atoms with Gasteiger partial charge in [-0.3, -0.25) is 4.79 Å². The van der Waals surface area contributed by atoms with Gasteiger partial charge in [0.25, 0.3) is 5.92 Å². The van der Waals surface area contributed by atoms with Crippen LogP contribution in [0.4, 0.5) is 8.78 Å². The molecule has 0 aromatic heterocycles. The Morgan fingerprint density at radius 1 is 1.64 bits per heavy atom. The number of carbonyl (C=O) groups is 1. The first-order valence-corrected chi connectivity index (χ1v) is 4.75. The molecule has 0 bridgehead atoms. The normalized spacial score (nSPS) is 20.1. The quantitative estimate of drug-likeness (QED) is 0.522. The Morgan fingerprint density at radius 3 is 2.86 bits per heavy atom. The lowest BCUT2D eigenvalue weighted by atomic mass is 9.94. The van der Waals surface area contributed by atoms with E-state index in [1.54, 1.807) is 6.92 Å². The summed E-state index contributed by atoms with van der Waals surface area (Å²) in [6.07, 6.45) is 1.51. The third-order valence-electron chi connectivity index (χ3n) is 2.18. The molecule has 0 saturated carbocycles. The van der Waals surface area contributed by atoms with Gasteiger partial charge in [0.05, 0.1) is 13.0 Å². The summed E-state index contributed by atoms with van der Waals surface area (Å²) < 4.78 is 30.1. The van der Waals surface area contributed by atoms with E-state index in [1.807, 2.05) is 0 Å². The van der Waals surface area contributed by atoms with Crippen molar-refractivity contribution in [2.75, 3.05) is 6.61 Å². The topological polar surface area (TPSA) is 26.3 Å². The molecule has 0 amide bonds. The first kappa shape index (κ1) is 11.1. The number of hydrogen-bond donors (Lipinski definition) is 0. The summed E-state index contributed by atoms with van der Waals surface area (Å²) >= 11 is 0. The van der Waals surface area contributed by atoms with Crippen LogP contribution in [0.5, 0.6) is 0 Å². The Balaban J connectivity index is 2.41. The van der Waals surface area contributed by atoms with Gasteiger partial charge in [0.1, 0.15) is 0 Å². The second-order valence-corrected chi connectivity index (χ2v) is 3.40. The molecule has 1 aliphatic rings. The molecule has 0 aromatic rings. The highest BCUT2D eigenvalue weighted by molar-refractivity contribution is 5.72. The molecule has 0 N–H and O–H groups in total. The van der Waals surface area contributed by atoms with Crippen molar-refractivity contribution in [1.29, 1.82) is 0 Å². The monoisotopic (exact) mass is 204 g/mol. The number of carbonyl (C=O) groups excluding carboxylic acids is 1. The molecule has 2 nitrogen and oxygen atoms in total. The van der Waals surface area contributed by atoms with E-state index < -0.39 is 5.92 Å². The van der Waals surface area contributed by atoms with Crippen molar-refractivity contribution in [1.82, 2.24) is 0 Å². The van der Waals surface area contributed by atoms with Gasteiger partial charge in [0, 0.05) is 12.8 Å². The van der Waals surface area contributed by atoms with E-state index in [9.17, 15) is 13.6 Å². The van der Waals surface area contributed by atoms with E-state index in [1.165, 1.54) is 6.08 Å². The Kier molecular flexibility index (Phi) is 3.61. The minimum Gasteiger partial charge on any atom is -0.466 e. The van der Waals surface area contributed by atoms with E-state index in [2.05, 4.69) is 0 Å². The SMILES string of the molecule is CCOC(=O)CC1=CCC(F)(F)CC1. The maximum atomic E-state index is 12.7. The third kappa shape index (κ3) is 3.44. The minimum atomic E-state index is -2.59. The first-order valence-electron chi connectivity index (χ1n) is 4.75. The lowest BCUT2D eigenvalue weighted by Crippen LogP contribution is -2.19. The van der Waals surface area contributed by atoms with Gasteiger partial charge < -0.3 is 4.74 Å². The van der Waals surface area contributed by atoms with Gasteiger partial charge in [-0.05, 0) is 13.3 Å². The fourth-order valence-corrected chi connectivity index (χ4v) is 1.40. The minimum absolute atomic E-state index is 0.155. The van der Waals surface area contributed by atoms with Gasteiger partial charge in [-0.15, -0.1) is 0 Å². The summed E-state index contributed by atoms with van der Waals surface area (Å²) in [6, 6.07) is 0. The van der Waals surface area contributed by atoms with Crippen LogP contribution < -0.4 is 0 Å². The summed E-state index contributed by atoms with van der Waals surface area (Å²) in [5.41, 5.74) is 0.773. The number of alkyl halides is 2. The molecule has 0 unspecified atom stereocenters. The van der Waals surface area contributed by atoms with Crippen LogP contribution in [0.3, 0.4) is 0 Å². The van der Waals surface area contributed by atoms with Crippen LogP contribution in [0.25, 0.3) is 0 Å². The summed E-state index contributed by atoms with van der Waals surface area (Å²) in [7, 11) is 0. The molecule has 14 heavy (non-hydrogen) atoms. The molecule has 80 valence electrons. The fraction of sp³-hybridized carbons (Fsp3) is 0.700. The zero-order valence-corrected chi connectivity index (χ0v) is 8.19. The average Bonchev–Trinajstić information content (AvgIpc) is 2.09. The molecule has 1 rings (SSSR count). The number of esters is 1. The second-order valence-electron chi connectivity index (χ2n) is 3.40. The van der Waals surface area contributed by atoms with Crippen LogP contribution in [0.2, 0.25) is 0 Å². The van der Waals surface area contributed by atoms with Crippen LogP contribution in [-0.4, -0.2) is 18.5 Å². The molecule has 0 spiro atoms. The van der Waals surface area contributed by atoms with Gasteiger partial charge in [0.15, 0.2) is 0 Å². The standard InChI is InChI=1S/C10H14F2O2/c1-2-14-9(13)7-8-3-5-10(11,12)6-4-8/h3H,2,4-7H2,1H3. The summed E-state index contributed by atoms with van der Waals surface area (Å²) in [6.45, 7) is 2.06. The van der Waals surface area contributed by atoms with Crippen molar-refractivity contribution in [2.45, 2.75) is 38.5 Å². The Morgan fingerprint density at radius 2 is 2.36 bits per heavy atom. The molecule has 0 aromatic carbocycles. The molecule has 0 saturated heterocycles. The predicted molar refractivity (Wildman–Crippen MR) is 48.1 cm³/mol. The highest BCUT2D eigenvalue weighted by Gasteiger charge is 2.31. The van der Waals surface area contributed by atoms with Crippen LogP contribution in [0.15, 0.2) is 11.6 Å². The van der Waals surface area contributed by atoms with Crippen LogP contribution >= 0.6 is 0 Å². The second kappa shape index (κ2) is 4.53. The first-order chi connectivity index (χ1) is 6.53. The lowest BCUT2D eigenvalue weighted by Gasteiger charge is -2.20. The van der Waals surface area contributed by atoms with Crippen molar-refractivity contribution >= 4 is 5.97 Å². The van der Waals surface area contributed by atoms with E-state index in [4.69, 9.17) is 4.74 Å². The largest absolute Gasteiger partial charge is 0.466 e. The van der Waals surface area contributed by atoms with E-state index >= 15 is 0 Å². The molecule has 0 radical (unpaired) electrons. The average molecular weight is 204 g/mol. The van der Waals surface area contributed by atoms with E-state index in [0.717, 1.165) is 5.57 Å². The molecular weight excluding hydrogens is 190 g/mol. The molecule has 1 aliphatic carbocycles. The number of rotatable bonds is 3. The zero-order valence-electron chi connectivity index (χ0n) is 8.19. The molecule has 4 heteroatoms. The highest BCUT2D eigenvalue weighted by Crippen LogP contribution is 2.33. The highest BCUT2D eigenvalue weighted by atomic mass is 19.3. The Hall–Kier alpha value is -0.930. The van der Waals surface area contributed by atoms with Crippen molar-refractivity contribution in [3.05, 3.63) is 11.6 Å². The summed E-state index contributed by atoms with van der Waals surface area (Å²) in [4.78, 5) is 11.0. The van der Waals surface area contributed by atoms with Crippen molar-refractivity contribution in [2.24, 2.45) is 0 Å². The zero-order chi connectivity index (χ0) is 10.6. The third-order valence-corrected chi connectivity index (χ3v) is 2.18. The lowest BCUT2D eigenvalue weighted by molar-refractivity contribution is -0.142. The van der Waals surface area contributed by atoms with Crippen LogP contribution in [0, 0.1) is 0 Å². The van der Waals surface area contributed by atoms with E-state index in [0.29, 0.717) is 13.0 Å². The molecule has 0 aliphatic heterocycles. The van der Waals surface area contributed by atoms with Gasteiger partial charge in [0.2, 0.25) is 0 Å². The Bertz CT molecular complexity index is 247. The van der Waals surface area contributed by atoms with Gasteiger partial charge >= 0.3 is 5.97 Å². The number of hydrogen-bond acceptors (Lipinski definition) is 2. The van der Waals surface area contributed by atoms with Crippen LogP contribution in [-0.2, 0) is 9.53 Å². The van der Waals surface area contributed by atoms with Crippen LogP contribution in [0.1, 0.15) is 32.6 Å². The van der Waals surface area contributed by atoms with Crippen molar-refractivity contribution < 1.29 is 18.3 Å². The van der Waals surface area contributed by atoms with Gasteiger partial charge in [-0.1, -0.05) is 11.6 Å². The fourth-order valence-electron chi connectivity index (χ4n) is 1.40. The Labute approximate surface area is 81.9 Å².